The van der Waals surface area contributed by atoms with Gasteiger partial charge < -0.3 is 15.8 Å². The van der Waals surface area contributed by atoms with E-state index in [1.807, 2.05) is 0 Å². The summed E-state index contributed by atoms with van der Waals surface area (Å²) in [6.45, 7) is 4.78. The molecule has 0 aromatic heterocycles. The zero-order valence-corrected chi connectivity index (χ0v) is 14.0. The summed E-state index contributed by atoms with van der Waals surface area (Å²) in [5.41, 5.74) is 6.20. The molecule has 3 N–H and O–H groups in total. The van der Waals surface area contributed by atoms with Crippen LogP contribution in [0.1, 0.15) is 45.4 Å². The van der Waals surface area contributed by atoms with E-state index in [0.29, 0.717) is 11.4 Å². The Bertz CT molecular complexity index is 242. The number of rotatable bonds is 8. The number of hydrogen-bond acceptors (Lipinski definition) is 2. The van der Waals surface area contributed by atoms with Gasteiger partial charge in [0.1, 0.15) is 0 Å². The molecule has 108 valence electrons. The number of unbranched alkanes of at least 4 members (excludes halogenated alkanes) is 1. The van der Waals surface area contributed by atoms with Crippen LogP contribution in [0.4, 0.5) is 0 Å². The van der Waals surface area contributed by atoms with Gasteiger partial charge in [-0.25, -0.2) is 0 Å². The minimum atomic E-state index is 0. The molecule has 0 radical (unpaired) electrons. The minimum absolute atomic E-state index is 0. The van der Waals surface area contributed by atoms with Crippen molar-refractivity contribution >= 4 is 29.9 Å². The fourth-order valence-electron chi connectivity index (χ4n) is 2.18. The van der Waals surface area contributed by atoms with E-state index in [1.54, 1.807) is 7.11 Å². The SMILES string of the molecule is CCCCNC(N)=NCC1(CCOC)CCC1.I. The highest BCUT2D eigenvalue weighted by Gasteiger charge is 2.36. The molecule has 0 aliphatic heterocycles. The lowest BCUT2D eigenvalue weighted by Crippen LogP contribution is -2.37. The van der Waals surface area contributed by atoms with Crippen LogP contribution < -0.4 is 11.1 Å². The highest BCUT2D eigenvalue weighted by atomic mass is 127. The number of halogens is 1. The lowest BCUT2D eigenvalue weighted by molar-refractivity contribution is 0.0779. The molecule has 0 aromatic carbocycles. The summed E-state index contributed by atoms with van der Waals surface area (Å²) >= 11 is 0. The van der Waals surface area contributed by atoms with E-state index in [-0.39, 0.29) is 24.0 Å². The van der Waals surface area contributed by atoms with Gasteiger partial charge in [0, 0.05) is 26.8 Å². The van der Waals surface area contributed by atoms with Crippen molar-refractivity contribution in [1.29, 1.82) is 0 Å². The monoisotopic (exact) mass is 369 g/mol. The van der Waals surface area contributed by atoms with Crippen LogP contribution in [0.5, 0.6) is 0 Å². The van der Waals surface area contributed by atoms with E-state index in [0.717, 1.165) is 32.5 Å². The summed E-state index contributed by atoms with van der Waals surface area (Å²) in [4.78, 5) is 4.47. The maximum absolute atomic E-state index is 5.84. The molecule has 1 rings (SSSR count). The molecule has 4 nitrogen and oxygen atoms in total. The Labute approximate surface area is 128 Å². The average Bonchev–Trinajstić information content (AvgIpc) is 2.28. The van der Waals surface area contributed by atoms with Crippen molar-refractivity contribution in [2.75, 3.05) is 26.8 Å². The van der Waals surface area contributed by atoms with Crippen LogP contribution >= 0.6 is 24.0 Å². The molecular formula is C13H28IN3O. The molecule has 5 heteroatoms. The fraction of sp³-hybridized carbons (Fsp3) is 0.923. The minimum Gasteiger partial charge on any atom is -0.385 e. The first-order chi connectivity index (χ1) is 8.22. The summed E-state index contributed by atoms with van der Waals surface area (Å²) in [6, 6.07) is 0. The number of nitrogens with zero attached hydrogens (tertiary/aromatic N) is 1. The quantitative estimate of drug-likeness (QED) is 0.299. The van der Waals surface area contributed by atoms with Crippen LogP contribution in [-0.4, -0.2) is 32.8 Å². The number of ether oxygens (including phenoxy) is 1. The zero-order valence-electron chi connectivity index (χ0n) is 11.7. The van der Waals surface area contributed by atoms with Crippen LogP contribution in [0.3, 0.4) is 0 Å². The highest BCUT2D eigenvalue weighted by Crippen LogP contribution is 2.44. The van der Waals surface area contributed by atoms with Crippen LogP contribution in [0.15, 0.2) is 4.99 Å². The third kappa shape index (κ3) is 6.22. The molecule has 0 unspecified atom stereocenters. The smallest absolute Gasteiger partial charge is 0.188 e. The number of hydrogen-bond donors (Lipinski definition) is 2. The third-order valence-corrected chi connectivity index (χ3v) is 3.67. The van der Waals surface area contributed by atoms with Crippen LogP contribution in [-0.2, 0) is 4.74 Å². The van der Waals surface area contributed by atoms with Gasteiger partial charge >= 0.3 is 0 Å². The maximum atomic E-state index is 5.84. The topological polar surface area (TPSA) is 59.6 Å². The van der Waals surface area contributed by atoms with Crippen molar-refractivity contribution in [3.63, 3.8) is 0 Å². The molecule has 0 spiro atoms. The van der Waals surface area contributed by atoms with E-state index < -0.39 is 0 Å². The Hall–Kier alpha value is -0.0400. The van der Waals surface area contributed by atoms with Gasteiger partial charge in [0.05, 0.1) is 0 Å². The number of aliphatic imine (C=N–C) groups is 1. The molecule has 1 saturated carbocycles. The van der Waals surface area contributed by atoms with Crippen molar-refractivity contribution in [3.05, 3.63) is 0 Å². The van der Waals surface area contributed by atoms with Crippen molar-refractivity contribution < 1.29 is 4.74 Å². The first-order valence-electron chi connectivity index (χ1n) is 6.75. The van der Waals surface area contributed by atoms with E-state index >= 15 is 0 Å². The first kappa shape index (κ1) is 18.0. The first-order valence-corrected chi connectivity index (χ1v) is 6.75. The van der Waals surface area contributed by atoms with E-state index in [2.05, 4.69) is 17.2 Å². The second kappa shape index (κ2) is 9.83. The Morgan fingerprint density at radius 2 is 2.17 bits per heavy atom. The van der Waals surface area contributed by atoms with Crippen molar-refractivity contribution in [3.8, 4) is 0 Å². The van der Waals surface area contributed by atoms with Gasteiger partial charge in [-0.05, 0) is 31.1 Å². The molecule has 0 amide bonds. The summed E-state index contributed by atoms with van der Waals surface area (Å²) < 4.78 is 5.16. The van der Waals surface area contributed by atoms with Crippen LogP contribution in [0.25, 0.3) is 0 Å². The van der Waals surface area contributed by atoms with Crippen molar-refractivity contribution in [2.45, 2.75) is 45.4 Å². The number of nitrogens with one attached hydrogen (secondary N) is 1. The molecule has 0 heterocycles. The Morgan fingerprint density at radius 3 is 2.67 bits per heavy atom. The van der Waals surface area contributed by atoms with E-state index in [1.165, 1.54) is 25.7 Å². The lowest BCUT2D eigenvalue weighted by Gasteiger charge is -2.40. The Balaban J connectivity index is 0.00000289. The maximum Gasteiger partial charge on any atom is 0.188 e. The molecule has 1 fully saturated rings. The van der Waals surface area contributed by atoms with Gasteiger partial charge in [-0.3, -0.25) is 4.99 Å². The lowest BCUT2D eigenvalue weighted by atomic mass is 9.67. The molecule has 1 aliphatic carbocycles. The second-order valence-corrected chi connectivity index (χ2v) is 5.08. The summed E-state index contributed by atoms with van der Waals surface area (Å²) in [7, 11) is 1.76. The highest BCUT2D eigenvalue weighted by molar-refractivity contribution is 14.0. The fourth-order valence-corrected chi connectivity index (χ4v) is 2.18. The van der Waals surface area contributed by atoms with E-state index in [4.69, 9.17) is 10.5 Å². The van der Waals surface area contributed by atoms with Gasteiger partial charge in [-0.15, -0.1) is 24.0 Å². The van der Waals surface area contributed by atoms with Gasteiger partial charge in [-0.1, -0.05) is 19.8 Å². The number of guanidine groups is 1. The van der Waals surface area contributed by atoms with Crippen LogP contribution in [0.2, 0.25) is 0 Å². The van der Waals surface area contributed by atoms with Crippen LogP contribution in [0, 0.1) is 5.41 Å². The predicted molar refractivity (Wildman–Crippen MR) is 87.6 cm³/mol. The van der Waals surface area contributed by atoms with Crippen molar-refractivity contribution in [2.24, 2.45) is 16.1 Å². The van der Waals surface area contributed by atoms with Gasteiger partial charge in [-0.2, -0.15) is 0 Å². The summed E-state index contributed by atoms with van der Waals surface area (Å²) in [5, 5.41) is 3.16. The largest absolute Gasteiger partial charge is 0.385 e. The van der Waals surface area contributed by atoms with Crippen molar-refractivity contribution in [1.82, 2.24) is 5.32 Å². The Kier molecular flexibility index (Phi) is 9.81. The standard InChI is InChI=1S/C13H27N3O.HI/c1-3-4-9-15-12(14)16-11-13(6-5-7-13)8-10-17-2;/h3-11H2,1-2H3,(H3,14,15,16);1H. The molecule has 0 aromatic rings. The number of nitrogens with two attached hydrogens (primary N) is 1. The summed E-state index contributed by atoms with van der Waals surface area (Å²) in [5.74, 6) is 0.599. The molecule has 0 bridgehead atoms. The van der Waals surface area contributed by atoms with E-state index in [9.17, 15) is 0 Å². The van der Waals surface area contributed by atoms with Gasteiger partial charge in [0.25, 0.3) is 0 Å². The third-order valence-electron chi connectivity index (χ3n) is 3.67. The molecule has 18 heavy (non-hydrogen) atoms. The Morgan fingerprint density at radius 1 is 1.44 bits per heavy atom. The normalized spacial score (nSPS) is 17.8. The second-order valence-electron chi connectivity index (χ2n) is 5.08. The molecular weight excluding hydrogens is 341 g/mol. The summed E-state index contributed by atoms with van der Waals surface area (Å²) in [6.07, 6.45) is 7.28. The van der Waals surface area contributed by atoms with Gasteiger partial charge in [0.2, 0.25) is 0 Å². The average molecular weight is 369 g/mol. The molecule has 0 atom stereocenters. The molecule has 1 aliphatic rings. The number of methoxy groups -OCH3 is 1. The zero-order chi connectivity index (χ0) is 12.6. The predicted octanol–water partition coefficient (Wildman–Crippen LogP) is 2.52. The van der Waals surface area contributed by atoms with Gasteiger partial charge in [0.15, 0.2) is 5.96 Å². The molecule has 0 saturated heterocycles.